The molecule has 0 heterocycles. The smallest absolute Gasteiger partial charge is 0.268 e. The van der Waals surface area contributed by atoms with Crippen LogP contribution in [0.4, 0.5) is 5.69 Å². The van der Waals surface area contributed by atoms with Crippen molar-refractivity contribution in [2.24, 2.45) is 0 Å². The molecule has 0 aliphatic rings. The van der Waals surface area contributed by atoms with Crippen LogP contribution < -0.4 is 28.6 Å². The van der Waals surface area contributed by atoms with Crippen LogP contribution in [0.3, 0.4) is 0 Å². The molecule has 38 heavy (non-hydrogen) atoms. The molecule has 0 spiro atoms. The maximum absolute atomic E-state index is 13.9. The Hall–Kier alpha value is -3.63. The summed E-state index contributed by atoms with van der Waals surface area (Å²) in [6.07, 6.45) is 0. The third-order valence-electron chi connectivity index (χ3n) is 5.88. The van der Waals surface area contributed by atoms with E-state index in [2.05, 4.69) is 5.32 Å². The van der Waals surface area contributed by atoms with E-state index in [1.807, 2.05) is 0 Å². The largest absolute Gasteiger partial charge is 0.495 e. The zero-order valence-corrected chi connectivity index (χ0v) is 23.6. The predicted octanol–water partition coefficient (Wildman–Crippen LogP) is 4.76. The standard InChI is InChI=1S/C27H31ClN2O7S/c1-17-7-10-24(36-5)26(13-17)38(32,33)30(20-9-12-22(34-3)21(28)15-20)16-27(31)29-18(2)19-8-11-23(35-4)25(14-19)37-6/h7-15,18H,16H2,1-6H3,(H,29,31)/t18-/m1/s1. The number of nitrogens with one attached hydrogen (secondary N) is 1. The quantitative estimate of drug-likeness (QED) is 0.359. The number of carbonyl (C=O) groups is 1. The predicted molar refractivity (Wildman–Crippen MR) is 146 cm³/mol. The first-order valence-corrected chi connectivity index (χ1v) is 13.4. The molecule has 0 aliphatic carbocycles. The summed E-state index contributed by atoms with van der Waals surface area (Å²) in [7, 11) is 1.63. The Morgan fingerprint density at radius 2 is 1.47 bits per heavy atom. The van der Waals surface area contributed by atoms with Gasteiger partial charge in [0.15, 0.2) is 11.5 Å². The average molecular weight is 563 g/mol. The first kappa shape index (κ1) is 28.9. The number of sulfonamides is 1. The van der Waals surface area contributed by atoms with Crippen LogP contribution in [0.2, 0.25) is 5.02 Å². The summed E-state index contributed by atoms with van der Waals surface area (Å²) in [6, 6.07) is 14.1. The van der Waals surface area contributed by atoms with Gasteiger partial charge >= 0.3 is 0 Å². The fraction of sp³-hybridized carbons (Fsp3) is 0.296. The van der Waals surface area contributed by atoms with E-state index in [0.29, 0.717) is 22.8 Å². The molecule has 0 aliphatic heterocycles. The second-order valence-corrected chi connectivity index (χ2v) is 10.6. The van der Waals surface area contributed by atoms with Crippen molar-refractivity contribution in [3.8, 4) is 23.0 Å². The molecule has 0 aromatic heterocycles. The van der Waals surface area contributed by atoms with Gasteiger partial charge in [-0.1, -0.05) is 23.7 Å². The topological polar surface area (TPSA) is 103 Å². The number of anilines is 1. The molecule has 1 atom stereocenters. The molecule has 3 aromatic rings. The molecule has 0 saturated heterocycles. The van der Waals surface area contributed by atoms with Gasteiger partial charge in [0.25, 0.3) is 10.0 Å². The first-order valence-electron chi connectivity index (χ1n) is 11.6. The highest BCUT2D eigenvalue weighted by Gasteiger charge is 2.31. The maximum Gasteiger partial charge on any atom is 0.268 e. The van der Waals surface area contributed by atoms with Crippen LogP contribution in [0, 0.1) is 6.92 Å². The van der Waals surface area contributed by atoms with Crippen LogP contribution in [0.25, 0.3) is 0 Å². The van der Waals surface area contributed by atoms with Gasteiger partial charge in [0.2, 0.25) is 5.91 Å². The molecule has 9 nitrogen and oxygen atoms in total. The van der Waals surface area contributed by atoms with Crippen LogP contribution in [0.15, 0.2) is 59.5 Å². The summed E-state index contributed by atoms with van der Waals surface area (Å²) in [6.45, 7) is 3.04. The van der Waals surface area contributed by atoms with Gasteiger partial charge in [0, 0.05) is 0 Å². The Morgan fingerprint density at radius 1 is 0.868 bits per heavy atom. The SMILES string of the molecule is COc1ccc(N(CC(=O)N[C@H](C)c2ccc(OC)c(OC)c2)S(=O)(=O)c2cc(C)ccc2OC)cc1Cl. The van der Waals surface area contributed by atoms with Gasteiger partial charge in [0.1, 0.15) is 22.9 Å². The fourth-order valence-corrected chi connectivity index (χ4v) is 5.76. The number of amides is 1. The molecule has 3 aromatic carbocycles. The second-order valence-electron chi connectivity index (χ2n) is 8.39. The normalized spacial score (nSPS) is 11.9. The minimum absolute atomic E-state index is 0.0762. The minimum Gasteiger partial charge on any atom is -0.495 e. The third-order valence-corrected chi connectivity index (χ3v) is 7.97. The summed E-state index contributed by atoms with van der Waals surface area (Å²) in [5, 5.41) is 3.05. The first-order chi connectivity index (χ1) is 18.0. The van der Waals surface area contributed by atoms with Crippen molar-refractivity contribution in [3.05, 3.63) is 70.7 Å². The van der Waals surface area contributed by atoms with Crippen molar-refractivity contribution in [1.29, 1.82) is 0 Å². The van der Waals surface area contributed by atoms with Crippen molar-refractivity contribution >= 4 is 33.2 Å². The Kier molecular flexibility index (Phi) is 9.35. The molecule has 204 valence electrons. The highest BCUT2D eigenvalue weighted by molar-refractivity contribution is 7.93. The average Bonchev–Trinajstić information content (AvgIpc) is 2.91. The van der Waals surface area contributed by atoms with Gasteiger partial charge in [-0.25, -0.2) is 8.42 Å². The molecule has 3 rings (SSSR count). The number of aryl methyl sites for hydroxylation is 1. The van der Waals surface area contributed by atoms with Crippen molar-refractivity contribution in [3.63, 3.8) is 0 Å². The number of ether oxygens (including phenoxy) is 4. The van der Waals surface area contributed by atoms with E-state index < -0.39 is 28.5 Å². The van der Waals surface area contributed by atoms with E-state index in [4.69, 9.17) is 30.5 Å². The van der Waals surface area contributed by atoms with E-state index in [1.54, 1.807) is 44.2 Å². The zero-order chi connectivity index (χ0) is 28.0. The van der Waals surface area contributed by atoms with Crippen LogP contribution >= 0.6 is 11.6 Å². The van der Waals surface area contributed by atoms with Gasteiger partial charge in [0.05, 0.1) is 45.2 Å². The summed E-state index contributed by atoms with van der Waals surface area (Å²) in [5.74, 6) is 1.05. The van der Waals surface area contributed by atoms with Gasteiger partial charge < -0.3 is 24.3 Å². The van der Waals surface area contributed by atoms with Gasteiger partial charge in [-0.3, -0.25) is 9.10 Å². The molecular weight excluding hydrogens is 532 g/mol. The van der Waals surface area contributed by atoms with Crippen LogP contribution in [-0.2, 0) is 14.8 Å². The molecule has 1 amide bonds. The fourth-order valence-electron chi connectivity index (χ4n) is 3.85. The number of benzene rings is 3. The molecule has 0 fully saturated rings. The molecule has 0 bridgehead atoms. The van der Waals surface area contributed by atoms with Gasteiger partial charge in [-0.05, 0) is 67.4 Å². The van der Waals surface area contributed by atoms with Crippen molar-refractivity contribution in [2.75, 3.05) is 39.3 Å². The Bertz CT molecular complexity index is 1410. The number of halogens is 1. The minimum atomic E-state index is -4.26. The van der Waals surface area contributed by atoms with E-state index >= 15 is 0 Å². The molecule has 0 saturated carbocycles. The number of methoxy groups -OCH3 is 4. The third kappa shape index (κ3) is 6.25. The lowest BCUT2D eigenvalue weighted by molar-refractivity contribution is -0.120. The number of carbonyl (C=O) groups excluding carboxylic acids is 1. The number of rotatable bonds is 11. The highest BCUT2D eigenvalue weighted by Crippen LogP contribution is 2.35. The number of nitrogens with zero attached hydrogens (tertiary/aromatic N) is 1. The Morgan fingerprint density at radius 3 is 2.08 bits per heavy atom. The van der Waals surface area contributed by atoms with E-state index in [0.717, 1.165) is 9.87 Å². The van der Waals surface area contributed by atoms with E-state index in [-0.39, 0.29) is 21.4 Å². The lowest BCUT2D eigenvalue weighted by atomic mass is 10.1. The van der Waals surface area contributed by atoms with Crippen LogP contribution in [-0.4, -0.2) is 49.3 Å². The van der Waals surface area contributed by atoms with Gasteiger partial charge in [-0.2, -0.15) is 0 Å². The maximum atomic E-state index is 13.9. The number of hydrogen-bond donors (Lipinski definition) is 1. The Balaban J connectivity index is 1.99. The molecule has 11 heteroatoms. The second kappa shape index (κ2) is 12.3. The monoisotopic (exact) mass is 562 g/mol. The molecule has 0 radical (unpaired) electrons. The Labute approximate surface area is 228 Å². The zero-order valence-electron chi connectivity index (χ0n) is 22.1. The lowest BCUT2D eigenvalue weighted by Gasteiger charge is -2.26. The summed E-state index contributed by atoms with van der Waals surface area (Å²) < 4.78 is 50.0. The van der Waals surface area contributed by atoms with E-state index in [9.17, 15) is 13.2 Å². The molecule has 0 unspecified atom stereocenters. The van der Waals surface area contributed by atoms with Crippen LogP contribution in [0.1, 0.15) is 24.1 Å². The van der Waals surface area contributed by atoms with Crippen LogP contribution in [0.5, 0.6) is 23.0 Å². The summed E-state index contributed by atoms with van der Waals surface area (Å²) in [5.41, 5.74) is 1.65. The van der Waals surface area contributed by atoms with Gasteiger partial charge in [-0.15, -0.1) is 0 Å². The molecule has 1 N–H and O–H groups in total. The van der Waals surface area contributed by atoms with Crippen molar-refractivity contribution in [1.82, 2.24) is 5.32 Å². The lowest BCUT2D eigenvalue weighted by Crippen LogP contribution is -2.41. The van der Waals surface area contributed by atoms with Crippen molar-refractivity contribution < 1.29 is 32.2 Å². The highest BCUT2D eigenvalue weighted by atomic mass is 35.5. The summed E-state index contributed by atoms with van der Waals surface area (Å²) >= 11 is 6.31. The molecular formula is C27H31ClN2O7S. The van der Waals surface area contributed by atoms with Crippen molar-refractivity contribution in [2.45, 2.75) is 24.8 Å². The number of hydrogen-bond acceptors (Lipinski definition) is 7. The summed E-state index contributed by atoms with van der Waals surface area (Å²) in [4.78, 5) is 13.2. The van der Waals surface area contributed by atoms with E-state index in [1.165, 1.54) is 52.7 Å².